The predicted octanol–water partition coefficient (Wildman–Crippen LogP) is 3.77. The fourth-order valence-electron chi connectivity index (χ4n) is 4.44. The quantitative estimate of drug-likeness (QED) is 0.113. The van der Waals surface area contributed by atoms with E-state index in [9.17, 15) is 14.7 Å². The molecular weight excluding hydrogens is 541 g/mol. The number of aryl methyl sites for hydroxylation is 1. The molecule has 0 saturated heterocycles. The van der Waals surface area contributed by atoms with E-state index in [0.717, 1.165) is 18.4 Å². The van der Waals surface area contributed by atoms with Gasteiger partial charge in [-0.25, -0.2) is 14.8 Å². The van der Waals surface area contributed by atoms with E-state index in [2.05, 4.69) is 17.2 Å². The van der Waals surface area contributed by atoms with Crippen molar-refractivity contribution in [1.29, 1.82) is 0 Å². The zero-order valence-electron chi connectivity index (χ0n) is 24.0. The summed E-state index contributed by atoms with van der Waals surface area (Å²) in [5, 5.41) is 14.7. The van der Waals surface area contributed by atoms with Crippen LogP contribution in [0.3, 0.4) is 0 Å². The van der Waals surface area contributed by atoms with Crippen molar-refractivity contribution in [3.63, 3.8) is 0 Å². The molecule has 8 nitrogen and oxygen atoms in total. The number of aromatic nitrogens is 2. The Kier molecular flexibility index (Phi) is 15.8. The number of fused-ring (bicyclic) bond motifs is 1. The van der Waals surface area contributed by atoms with Gasteiger partial charge in [-0.1, -0.05) is 88.4 Å². The third kappa shape index (κ3) is 10.5. The van der Waals surface area contributed by atoms with Gasteiger partial charge >= 0.3 is 29.6 Å². The van der Waals surface area contributed by atoms with Crippen LogP contribution in [0.4, 0.5) is 5.69 Å². The molecule has 1 amide bonds. The summed E-state index contributed by atoms with van der Waals surface area (Å²) in [5.41, 5.74) is 0.995. The van der Waals surface area contributed by atoms with Crippen molar-refractivity contribution < 1.29 is 49.2 Å². The Morgan fingerprint density at radius 2 is 1.62 bits per heavy atom. The van der Waals surface area contributed by atoms with Crippen molar-refractivity contribution in [3.05, 3.63) is 63.0 Å². The van der Waals surface area contributed by atoms with Gasteiger partial charge in [0.15, 0.2) is 5.69 Å². The zero-order chi connectivity index (χ0) is 28.0. The van der Waals surface area contributed by atoms with Crippen molar-refractivity contribution in [2.45, 2.75) is 91.2 Å². The van der Waals surface area contributed by atoms with Crippen LogP contribution in [0, 0.1) is 0 Å². The molecule has 1 N–H and O–H groups in total. The van der Waals surface area contributed by atoms with Crippen LogP contribution in [-0.4, -0.2) is 22.1 Å². The van der Waals surface area contributed by atoms with Gasteiger partial charge in [-0.15, -0.1) is 5.75 Å². The van der Waals surface area contributed by atoms with Crippen molar-refractivity contribution in [2.75, 3.05) is 11.9 Å². The number of nitrogens with zero attached hydrogens (tertiary/aromatic N) is 2. The van der Waals surface area contributed by atoms with Gasteiger partial charge in [0.1, 0.15) is 6.61 Å². The van der Waals surface area contributed by atoms with Crippen LogP contribution in [0.2, 0.25) is 5.02 Å². The molecule has 3 rings (SSSR count). The summed E-state index contributed by atoms with van der Waals surface area (Å²) in [7, 11) is 0. The molecule has 1 heterocycles. The summed E-state index contributed by atoms with van der Waals surface area (Å²) in [6, 6.07) is 9.29. The molecule has 3 aromatic rings. The molecule has 0 fully saturated rings. The minimum atomic E-state index is -0.688. The predicted molar refractivity (Wildman–Crippen MR) is 153 cm³/mol. The normalized spacial score (nSPS) is 11.0. The first kappa shape index (κ1) is 34.3. The van der Waals surface area contributed by atoms with E-state index < -0.39 is 11.5 Å². The van der Waals surface area contributed by atoms with Gasteiger partial charge in [-0.3, -0.25) is 9.59 Å². The number of unbranched alkanes of at least 4 members (excludes halogenated alkanes) is 9. The van der Waals surface area contributed by atoms with Crippen LogP contribution in [0.1, 0.15) is 94.1 Å². The average Bonchev–Trinajstić information content (AvgIpc) is 2.92. The largest absolute Gasteiger partial charge is 1.00 e. The van der Waals surface area contributed by atoms with Crippen LogP contribution in [0.5, 0.6) is 5.75 Å². The Morgan fingerprint density at radius 3 is 2.30 bits per heavy atom. The summed E-state index contributed by atoms with van der Waals surface area (Å²) >= 11 is 6.30. The van der Waals surface area contributed by atoms with Crippen LogP contribution in [0.15, 0.2) is 41.2 Å². The van der Waals surface area contributed by atoms with Crippen LogP contribution in [-0.2, 0) is 22.9 Å². The number of rotatable bonds is 17. The van der Waals surface area contributed by atoms with E-state index >= 15 is 0 Å². The molecule has 0 atom stereocenters. The third-order valence-corrected chi connectivity index (χ3v) is 6.95. The Hall–Kier alpha value is -1.94. The maximum atomic E-state index is 13.0. The SMILES string of the molecule is CCCCCCCCCCCCOOCc1ccc(Cl)c(NC(=O)c2nc3ccc([O-])cc3n(CC)c2=O)c1.[Na+]. The Labute approximate surface area is 263 Å². The molecule has 0 aliphatic rings. The standard InChI is InChI=1S/C30H40ClN3O5.Na/c1-3-5-6-7-8-9-10-11-12-13-18-38-39-21-22-14-16-24(31)26(19-22)33-29(36)28-30(37)34(4-2)27-20-23(35)15-17-25(27)32-28;/h14-17,19-20,35H,3-13,18,21H2,1-2H3,(H,33,36);/q;+1/p-1. The Balaban J connectivity index is 0.00000560. The van der Waals surface area contributed by atoms with E-state index in [1.54, 1.807) is 25.1 Å². The molecule has 0 aliphatic heterocycles. The summed E-state index contributed by atoms with van der Waals surface area (Å²) in [6.45, 7) is 5.00. The van der Waals surface area contributed by atoms with Gasteiger partial charge in [-0.05, 0) is 43.2 Å². The number of hydrogen-bond donors (Lipinski definition) is 1. The van der Waals surface area contributed by atoms with E-state index in [1.165, 1.54) is 74.1 Å². The van der Waals surface area contributed by atoms with Gasteiger partial charge in [-0.2, -0.15) is 0 Å². The number of halogens is 1. The van der Waals surface area contributed by atoms with Gasteiger partial charge in [0.05, 0.1) is 28.4 Å². The van der Waals surface area contributed by atoms with Crippen LogP contribution in [0.25, 0.3) is 11.0 Å². The van der Waals surface area contributed by atoms with Gasteiger partial charge in [0.25, 0.3) is 11.5 Å². The molecular formula is C30H39ClN3NaO5. The van der Waals surface area contributed by atoms with Crippen molar-refractivity contribution in [3.8, 4) is 5.75 Å². The van der Waals surface area contributed by atoms with Crippen molar-refractivity contribution in [2.24, 2.45) is 0 Å². The second-order valence-electron chi connectivity index (χ2n) is 9.69. The summed E-state index contributed by atoms with van der Waals surface area (Å²) < 4.78 is 1.36. The van der Waals surface area contributed by atoms with Crippen molar-refractivity contribution in [1.82, 2.24) is 9.55 Å². The number of amides is 1. The van der Waals surface area contributed by atoms with E-state index in [-0.39, 0.29) is 54.2 Å². The first-order valence-electron chi connectivity index (χ1n) is 14.0. The first-order chi connectivity index (χ1) is 18.9. The maximum Gasteiger partial charge on any atom is 1.00 e. The monoisotopic (exact) mass is 579 g/mol. The minimum Gasteiger partial charge on any atom is -0.872 e. The molecule has 0 radical (unpaired) electrons. The van der Waals surface area contributed by atoms with E-state index in [4.69, 9.17) is 21.4 Å². The molecule has 10 heteroatoms. The zero-order valence-corrected chi connectivity index (χ0v) is 26.7. The second-order valence-corrected chi connectivity index (χ2v) is 10.1. The smallest absolute Gasteiger partial charge is 0.872 e. The molecule has 0 unspecified atom stereocenters. The molecule has 0 saturated carbocycles. The number of benzene rings is 2. The number of anilines is 1. The van der Waals surface area contributed by atoms with Gasteiger partial charge < -0.3 is 15.0 Å². The maximum absolute atomic E-state index is 13.0. The van der Waals surface area contributed by atoms with Gasteiger partial charge in [0.2, 0.25) is 0 Å². The summed E-state index contributed by atoms with van der Waals surface area (Å²) in [4.78, 5) is 40.8. The average molecular weight is 580 g/mol. The third-order valence-electron chi connectivity index (χ3n) is 6.62. The Bertz CT molecular complexity index is 1280. The van der Waals surface area contributed by atoms with Crippen molar-refractivity contribution >= 4 is 34.2 Å². The molecule has 0 spiro atoms. The summed E-state index contributed by atoms with van der Waals surface area (Å²) in [5.74, 6) is -0.922. The summed E-state index contributed by atoms with van der Waals surface area (Å²) in [6.07, 6.45) is 12.5. The van der Waals surface area contributed by atoms with E-state index in [1.807, 2.05) is 0 Å². The molecule has 212 valence electrons. The number of hydrogen-bond acceptors (Lipinski definition) is 6. The number of carbonyl (C=O) groups is 1. The molecule has 40 heavy (non-hydrogen) atoms. The van der Waals surface area contributed by atoms with Crippen LogP contribution >= 0.6 is 11.6 Å². The first-order valence-corrected chi connectivity index (χ1v) is 14.4. The Morgan fingerprint density at radius 1 is 0.950 bits per heavy atom. The number of nitrogens with one attached hydrogen (secondary N) is 1. The fourth-order valence-corrected chi connectivity index (χ4v) is 4.60. The second kappa shape index (κ2) is 18.5. The minimum absolute atomic E-state index is 0. The van der Waals surface area contributed by atoms with E-state index in [0.29, 0.717) is 28.4 Å². The molecule has 0 aliphatic carbocycles. The fraction of sp³-hybridized carbons (Fsp3) is 0.500. The molecule has 2 aromatic carbocycles. The van der Waals surface area contributed by atoms with Crippen LogP contribution < -0.4 is 45.5 Å². The topological polar surface area (TPSA) is 106 Å². The van der Waals surface area contributed by atoms with Gasteiger partial charge in [0, 0.05) is 6.54 Å². The molecule has 1 aromatic heterocycles. The molecule has 0 bridgehead atoms. The number of carbonyl (C=O) groups excluding carboxylic acids is 1.